The van der Waals surface area contributed by atoms with Crippen LogP contribution in [0.5, 0.6) is 0 Å². The van der Waals surface area contributed by atoms with Crippen molar-refractivity contribution in [2.24, 2.45) is 0 Å². The molecule has 5 aromatic rings. The van der Waals surface area contributed by atoms with Crippen molar-refractivity contribution < 1.29 is 18.0 Å². The minimum Gasteiger partial charge on any atom is -0.271 e. The summed E-state index contributed by atoms with van der Waals surface area (Å²) in [5.74, 6) is 0.0336. The highest BCUT2D eigenvalue weighted by atomic mass is 35.5. The van der Waals surface area contributed by atoms with Crippen molar-refractivity contribution in [3.63, 3.8) is 0 Å². The highest BCUT2D eigenvalue weighted by molar-refractivity contribution is 6.33. The number of nitrogens with one attached hydrogen (secondary N) is 1. The third-order valence-corrected chi connectivity index (χ3v) is 6.01. The Hall–Kier alpha value is -4.44. The number of carbonyl (C=O) groups is 1. The zero-order chi connectivity index (χ0) is 26.2. The fourth-order valence-corrected chi connectivity index (χ4v) is 4.12. The van der Waals surface area contributed by atoms with Crippen LogP contribution in [0.4, 0.5) is 19.0 Å². The molecule has 1 amide bonds. The van der Waals surface area contributed by atoms with E-state index in [1.54, 1.807) is 55.7 Å². The van der Waals surface area contributed by atoms with Crippen LogP contribution >= 0.6 is 11.6 Å². The summed E-state index contributed by atoms with van der Waals surface area (Å²) in [6.45, 7) is 0. The molecule has 3 heterocycles. The zero-order valence-electron chi connectivity index (χ0n) is 19.2. The molecule has 0 radical (unpaired) electrons. The molecule has 0 aliphatic carbocycles. The van der Waals surface area contributed by atoms with Crippen LogP contribution in [0.25, 0.3) is 28.0 Å². The summed E-state index contributed by atoms with van der Waals surface area (Å²) in [6, 6.07) is 17.0. The van der Waals surface area contributed by atoms with Crippen molar-refractivity contribution in [1.82, 2.24) is 25.0 Å². The molecule has 5 rings (SSSR count). The van der Waals surface area contributed by atoms with E-state index in [1.807, 2.05) is 0 Å². The first-order valence-corrected chi connectivity index (χ1v) is 11.4. The van der Waals surface area contributed by atoms with Crippen LogP contribution in [0.3, 0.4) is 0 Å². The summed E-state index contributed by atoms with van der Waals surface area (Å²) in [5.41, 5.74) is 4.36. The minimum absolute atomic E-state index is 0.168. The standard InChI is InChI=1S/C26H18ClF3N6O/c1-35(22-8-4-5-13-31-22)34-25(37)20-15-33-36-23(16-9-11-17(12-10-16)26(28,29)30)19(14-32-24(20)36)18-6-2-3-7-21(18)27/h2-15H,1H3,(H,34,37). The number of alkyl halides is 3. The number of aromatic nitrogens is 4. The Labute approximate surface area is 214 Å². The van der Waals surface area contributed by atoms with Gasteiger partial charge in [0, 0.05) is 41.2 Å². The Balaban J connectivity index is 1.63. The topological polar surface area (TPSA) is 75.4 Å². The molecule has 0 saturated carbocycles. The number of rotatable bonds is 5. The second-order valence-electron chi connectivity index (χ2n) is 8.06. The fraction of sp³-hybridized carbons (Fsp3) is 0.0769. The number of fused-ring (bicyclic) bond motifs is 1. The lowest BCUT2D eigenvalue weighted by molar-refractivity contribution is -0.137. The highest BCUT2D eigenvalue weighted by Gasteiger charge is 2.30. The van der Waals surface area contributed by atoms with Crippen molar-refractivity contribution in [1.29, 1.82) is 0 Å². The number of anilines is 1. The van der Waals surface area contributed by atoms with Gasteiger partial charge in [0.2, 0.25) is 0 Å². The lowest BCUT2D eigenvalue weighted by atomic mass is 9.99. The molecule has 0 atom stereocenters. The SMILES string of the molecule is CN(NC(=O)c1cnn2c(-c3ccc(C(F)(F)F)cc3)c(-c3ccccc3Cl)cnc12)c1ccccn1. The van der Waals surface area contributed by atoms with Crippen molar-refractivity contribution >= 4 is 29.0 Å². The number of nitrogens with zero attached hydrogens (tertiary/aromatic N) is 5. The van der Waals surface area contributed by atoms with E-state index < -0.39 is 17.6 Å². The zero-order valence-corrected chi connectivity index (χ0v) is 20.0. The first kappa shape index (κ1) is 24.3. The van der Waals surface area contributed by atoms with Gasteiger partial charge in [0.25, 0.3) is 5.91 Å². The lowest BCUT2D eigenvalue weighted by Crippen LogP contribution is -2.39. The van der Waals surface area contributed by atoms with Crippen molar-refractivity contribution in [3.8, 4) is 22.4 Å². The molecule has 0 spiro atoms. The number of hydrogen-bond acceptors (Lipinski definition) is 5. The molecule has 0 aliphatic heterocycles. The first-order chi connectivity index (χ1) is 17.7. The molecule has 1 N–H and O–H groups in total. The average molecular weight is 523 g/mol. The Morgan fingerprint density at radius 1 is 0.946 bits per heavy atom. The van der Waals surface area contributed by atoms with Crippen LogP contribution < -0.4 is 10.4 Å². The quantitative estimate of drug-likeness (QED) is 0.290. The van der Waals surface area contributed by atoms with Crippen LogP contribution in [-0.2, 0) is 6.18 Å². The Kier molecular flexibility index (Phi) is 6.26. The lowest BCUT2D eigenvalue weighted by Gasteiger charge is -2.18. The van der Waals surface area contributed by atoms with E-state index >= 15 is 0 Å². The van der Waals surface area contributed by atoms with E-state index in [0.717, 1.165) is 12.1 Å². The molecule has 7 nitrogen and oxygen atoms in total. The van der Waals surface area contributed by atoms with E-state index in [-0.39, 0.29) is 11.2 Å². The van der Waals surface area contributed by atoms with Gasteiger partial charge >= 0.3 is 6.18 Å². The maximum Gasteiger partial charge on any atom is 0.416 e. The van der Waals surface area contributed by atoms with Gasteiger partial charge in [0.1, 0.15) is 11.4 Å². The van der Waals surface area contributed by atoms with Gasteiger partial charge in [0.15, 0.2) is 5.65 Å². The number of pyridine rings is 1. The molecule has 2 aromatic carbocycles. The molecule has 0 unspecified atom stereocenters. The van der Waals surface area contributed by atoms with Crippen molar-refractivity contribution in [2.45, 2.75) is 6.18 Å². The predicted molar refractivity (Wildman–Crippen MR) is 134 cm³/mol. The van der Waals surface area contributed by atoms with Crippen LogP contribution in [0.2, 0.25) is 5.02 Å². The van der Waals surface area contributed by atoms with E-state index in [9.17, 15) is 18.0 Å². The van der Waals surface area contributed by atoms with Gasteiger partial charge in [-0.05, 0) is 30.3 Å². The number of benzene rings is 2. The number of carbonyl (C=O) groups excluding carboxylic acids is 1. The minimum atomic E-state index is -4.48. The first-order valence-electron chi connectivity index (χ1n) is 11.0. The van der Waals surface area contributed by atoms with Crippen molar-refractivity contribution in [2.75, 3.05) is 12.1 Å². The Bertz CT molecular complexity index is 1590. The Morgan fingerprint density at radius 2 is 1.68 bits per heavy atom. The number of hydrazine groups is 1. The summed E-state index contributed by atoms with van der Waals surface area (Å²) in [5, 5.41) is 6.27. The Morgan fingerprint density at radius 3 is 2.35 bits per heavy atom. The summed E-state index contributed by atoms with van der Waals surface area (Å²) < 4.78 is 41.0. The molecule has 0 fully saturated rings. The van der Waals surface area contributed by atoms with E-state index in [2.05, 4.69) is 20.5 Å². The van der Waals surface area contributed by atoms with Crippen molar-refractivity contribution in [3.05, 3.63) is 101 Å². The fourth-order valence-electron chi connectivity index (χ4n) is 3.88. The second-order valence-corrected chi connectivity index (χ2v) is 8.46. The van der Waals surface area contributed by atoms with Gasteiger partial charge in [-0.1, -0.05) is 48.0 Å². The van der Waals surface area contributed by atoms with E-state index in [0.29, 0.717) is 33.2 Å². The van der Waals surface area contributed by atoms with Gasteiger partial charge in [-0.15, -0.1) is 0 Å². The third-order valence-electron chi connectivity index (χ3n) is 5.68. The second kappa shape index (κ2) is 9.55. The number of halogens is 4. The van der Waals surface area contributed by atoms with Gasteiger partial charge in [-0.25, -0.2) is 14.5 Å². The number of amides is 1. The highest BCUT2D eigenvalue weighted by Crippen LogP contribution is 2.37. The maximum absolute atomic E-state index is 13.2. The molecule has 0 bridgehead atoms. The van der Waals surface area contributed by atoms with E-state index in [1.165, 1.54) is 34.1 Å². The third kappa shape index (κ3) is 4.70. The molecule has 186 valence electrons. The molecule has 11 heteroatoms. The monoisotopic (exact) mass is 522 g/mol. The maximum atomic E-state index is 13.2. The summed E-state index contributed by atoms with van der Waals surface area (Å²) in [7, 11) is 1.64. The molecule has 37 heavy (non-hydrogen) atoms. The van der Waals surface area contributed by atoms with E-state index in [4.69, 9.17) is 11.6 Å². The molecule has 3 aromatic heterocycles. The molecular weight excluding hydrogens is 505 g/mol. The van der Waals surface area contributed by atoms with Crippen LogP contribution in [0.1, 0.15) is 15.9 Å². The normalized spacial score (nSPS) is 11.5. The average Bonchev–Trinajstić information content (AvgIpc) is 3.33. The molecule has 0 aliphatic rings. The van der Waals surface area contributed by atoms with Crippen LogP contribution in [0, 0.1) is 0 Å². The number of hydrogen-bond donors (Lipinski definition) is 1. The molecular formula is C26H18ClF3N6O. The van der Waals surface area contributed by atoms with Gasteiger partial charge in [0.05, 0.1) is 17.5 Å². The van der Waals surface area contributed by atoms with Gasteiger partial charge < -0.3 is 0 Å². The smallest absolute Gasteiger partial charge is 0.271 e. The largest absolute Gasteiger partial charge is 0.416 e. The van der Waals surface area contributed by atoms with Gasteiger partial charge in [-0.2, -0.15) is 18.3 Å². The molecule has 0 saturated heterocycles. The van der Waals surface area contributed by atoms with Crippen LogP contribution in [-0.4, -0.2) is 32.5 Å². The van der Waals surface area contributed by atoms with Crippen LogP contribution in [0.15, 0.2) is 85.3 Å². The summed E-state index contributed by atoms with van der Waals surface area (Å²) in [4.78, 5) is 21.8. The summed E-state index contributed by atoms with van der Waals surface area (Å²) in [6.07, 6.45) is 0.00801. The van der Waals surface area contributed by atoms with Gasteiger partial charge in [-0.3, -0.25) is 15.2 Å². The predicted octanol–water partition coefficient (Wildman–Crippen LogP) is 5.91. The summed E-state index contributed by atoms with van der Waals surface area (Å²) >= 11 is 6.44.